The molecule has 0 fully saturated rings. The van der Waals surface area contributed by atoms with Crippen LogP contribution in [0.2, 0.25) is 0 Å². The van der Waals surface area contributed by atoms with Gasteiger partial charge in [-0.1, -0.05) is 6.58 Å². The molecule has 0 bridgehead atoms. The third-order valence-corrected chi connectivity index (χ3v) is 2.12. The quantitative estimate of drug-likeness (QED) is 0.642. The highest BCUT2D eigenvalue weighted by atomic mass is 15.1. The average Bonchev–Trinajstić information content (AvgIpc) is 2.04. The predicted molar refractivity (Wildman–Crippen MR) is 48.1 cm³/mol. The SMILES string of the molecule is C=CN(C)C1=C(C)CNCC1. The number of nitrogens with one attached hydrogen (secondary N) is 1. The zero-order valence-electron chi connectivity index (χ0n) is 7.35. The van der Waals surface area contributed by atoms with Crippen molar-refractivity contribution in [1.82, 2.24) is 10.2 Å². The van der Waals surface area contributed by atoms with Gasteiger partial charge in [0.2, 0.25) is 0 Å². The summed E-state index contributed by atoms with van der Waals surface area (Å²) < 4.78 is 0. The maximum absolute atomic E-state index is 3.74. The Bertz CT molecular complexity index is 182. The number of hydrogen-bond acceptors (Lipinski definition) is 2. The van der Waals surface area contributed by atoms with Crippen LogP contribution in [0.5, 0.6) is 0 Å². The van der Waals surface area contributed by atoms with Gasteiger partial charge in [-0.25, -0.2) is 0 Å². The molecule has 1 N–H and O–H groups in total. The van der Waals surface area contributed by atoms with Crippen molar-refractivity contribution < 1.29 is 0 Å². The maximum Gasteiger partial charge on any atom is 0.0185 e. The Morgan fingerprint density at radius 1 is 1.64 bits per heavy atom. The molecule has 1 aliphatic rings. The molecule has 2 heteroatoms. The second-order valence-corrected chi connectivity index (χ2v) is 2.95. The van der Waals surface area contributed by atoms with Gasteiger partial charge in [0, 0.05) is 32.3 Å². The summed E-state index contributed by atoms with van der Waals surface area (Å²) in [6, 6.07) is 0. The van der Waals surface area contributed by atoms with Gasteiger partial charge in [-0.05, 0) is 18.7 Å². The molecule has 62 valence electrons. The molecule has 0 atom stereocenters. The van der Waals surface area contributed by atoms with Gasteiger partial charge in [0.25, 0.3) is 0 Å². The Morgan fingerprint density at radius 2 is 2.36 bits per heavy atom. The Kier molecular flexibility index (Phi) is 2.71. The van der Waals surface area contributed by atoms with E-state index in [1.165, 1.54) is 11.3 Å². The molecule has 0 aliphatic carbocycles. The first-order valence-corrected chi connectivity index (χ1v) is 4.00. The van der Waals surface area contributed by atoms with Gasteiger partial charge in [0.15, 0.2) is 0 Å². The second kappa shape index (κ2) is 3.58. The van der Waals surface area contributed by atoms with Crippen molar-refractivity contribution in [3.63, 3.8) is 0 Å². The monoisotopic (exact) mass is 152 g/mol. The summed E-state index contributed by atoms with van der Waals surface area (Å²) in [6.45, 7) is 8.02. The van der Waals surface area contributed by atoms with E-state index >= 15 is 0 Å². The smallest absolute Gasteiger partial charge is 0.0185 e. The minimum atomic E-state index is 1.02. The summed E-state index contributed by atoms with van der Waals surface area (Å²) in [5.41, 5.74) is 2.84. The fraction of sp³-hybridized carbons (Fsp3) is 0.556. The van der Waals surface area contributed by atoms with E-state index in [4.69, 9.17) is 0 Å². The van der Waals surface area contributed by atoms with Gasteiger partial charge in [-0.3, -0.25) is 0 Å². The van der Waals surface area contributed by atoms with E-state index in [9.17, 15) is 0 Å². The van der Waals surface area contributed by atoms with Crippen LogP contribution in [0.15, 0.2) is 24.0 Å². The van der Waals surface area contributed by atoms with Crippen LogP contribution in [0.1, 0.15) is 13.3 Å². The Morgan fingerprint density at radius 3 is 2.91 bits per heavy atom. The molecule has 0 aromatic rings. The van der Waals surface area contributed by atoms with Crippen LogP contribution in [0.4, 0.5) is 0 Å². The lowest BCUT2D eigenvalue weighted by Gasteiger charge is -2.25. The topological polar surface area (TPSA) is 15.3 Å². The van der Waals surface area contributed by atoms with Crippen molar-refractivity contribution in [2.45, 2.75) is 13.3 Å². The molecular weight excluding hydrogens is 136 g/mol. The van der Waals surface area contributed by atoms with Crippen LogP contribution in [0.25, 0.3) is 0 Å². The van der Waals surface area contributed by atoms with Crippen molar-refractivity contribution in [2.75, 3.05) is 20.1 Å². The highest BCUT2D eigenvalue weighted by molar-refractivity contribution is 5.16. The molecule has 1 heterocycles. The minimum absolute atomic E-state index is 1.02. The zero-order chi connectivity index (χ0) is 8.27. The lowest BCUT2D eigenvalue weighted by molar-refractivity contribution is 0.495. The first-order chi connectivity index (χ1) is 5.25. The van der Waals surface area contributed by atoms with E-state index in [-0.39, 0.29) is 0 Å². The summed E-state index contributed by atoms with van der Waals surface area (Å²) in [5.74, 6) is 0. The Balaban J connectivity index is 2.73. The van der Waals surface area contributed by atoms with Crippen LogP contribution in [-0.4, -0.2) is 25.0 Å². The summed E-state index contributed by atoms with van der Waals surface area (Å²) in [5, 5.41) is 3.32. The molecule has 0 aromatic carbocycles. The van der Waals surface area contributed by atoms with Crippen molar-refractivity contribution in [3.8, 4) is 0 Å². The fourth-order valence-electron chi connectivity index (χ4n) is 1.39. The summed E-state index contributed by atoms with van der Waals surface area (Å²) in [6.07, 6.45) is 2.98. The van der Waals surface area contributed by atoms with E-state index in [2.05, 4.69) is 30.8 Å². The lowest BCUT2D eigenvalue weighted by atomic mass is 10.1. The van der Waals surface area contributed by atoms with Gasteiger partial charge < -0.3 is 10.2 Å². The molecule has 0 amide bonds. The summed E-state index contributed by atoms with van der Waals surface area (Å²) in [7, 11) is 2.05. The van der Waals surface area contributed by atoms with Crippen LogP contribution < -0.4 is 5.32 Å². The van der Waals surface area contributed by atoms with Crippen molar-refractivity contribution in [2.24, 2.45) is 0 Å². The largest absolute Gasteiger partial charge is 0.355 e. The van der Waals surface area contributed by atoms with Crippen LogP contribution in [0.3, 0.4) is 0 Å². The van der Waals surface area contributed by atoms with E-state index in [1.807, 2.05) is 6.20 Å². The lowest BCUT2D eigenvalue weighted by Crippen LogP contribution is -2.28. The standard InChI is InChI=1S/C9H16N2/c1-4-11(3)9-5-6-10-7-8(9)2/h4,10H,1,5-7H2,2-3H3. The fourth-order valence-corrected chi connectivity index (χ4v) is 1.39. The first kappa shape index (κ1) is 8.34. The molecule has 0 aromatic heterocycles. The van der Waals surface area contributed by atoms with Crippen LogP contribution >= 0.6 is 0 Å². The summed E-state index contributed by atoms with van der Waals surface area (Å²) >= 11 is 0. The average molecular weight is 152 g/mol. The molecule has 0 spiro atoms. The zero-order valence-corrected chi connectivity index (χ0v) is 7.35. The molecule has 0 saturated heterocycles. The third-order valence-electron chi connectivity index (χ3n) is 2.12. The van der Waals surface area contributed by atoms with Gasteiger partial charge >= 0.3 is 0 Å². The van der Waals surface area contributed by atoms with Crippen molar-refractivity contribution in [3.05, 3.63) is 24.0 Å². The molecule has 2 nitrogen and oxygen atoms in total. The molecular formula is C9H16N2. The van der Waals surface area contributed by atoms with Crippen LogP contribution in [0, 0.1) is 0 Å². The summed E-state index contributed by atoms with van der Waals surface area (Å²) in [4.78, 5) is 2.11. The van der Waals surface area contributed by atoms with Crippen LogP contribution in [-0.2, 0) is 0 Å². The van der Waals surface area contributed by atoms with Crippen molar-refractivity contribution in [1.29, 1.82) is 0 Å². The van der Waals surface area contributed by atoms with E-state index in [0.29, 0.717) is 0 Å². The van der Waals surface area contributed by atoms with Gasteiger partial charge in [-0.2, -0.15) is 0 Å². The molecule has 1 rings (SSSR count). The minimum Gasteiger partial charge on any atom is -0.355 e. The molecule has 0 saturated carbocycles. The Hall–Kier alpha value is -0.760. The molecule has 0 radical (unpaired) electrons. The van der Waals surface area contributed by atoms with E-state index < -0.39 is 0 Å². The third kappa shape index (κ3) is 1.84. The maximum atomic E-state index is 3.74. The van der Waals surface area contributed by atoms with E-state index in [1.54, 1.807) is 0 Å². The highest BCUT2D eigenvalue weighted by Gasteiger charge is 2.09. The highest BCUT2D eigenvalue weighted by Crippen LogP contribution is 2.14. The van der Waals surface area contributed by atoms with Gasteiger partial charge in [0.05, 0.1) is 0 Å². The van der Waals surface area contributed by atoms with Gasteiger partial charge in [-0.15, -0.1) is 0 Å². The number of nitrogens with zero attached hydrogens (tertiary/aromatic N) is 1. The van der Waals surface area contributed by atoms with Gasteiger partial charge in [0.1, 0.15) is 0 Å². The van der Waals surface area contributed by atoms with E-state index in [0.717, 1.165) is 19.5 Å². The number of rotatable bonds is 2. The molecule has 11 heavy (non-hydrogen) atoms. The second-order valence-electron chi connectivity index (χ2n) is 2.95. The van der Waals surface area contributed by atoms with Crippen molar-refractivity contribution >= 4 is 0 Å². The molecule has 1 aliphatic heterocycles. The number of hydrogen-bond donors (Lipinski definition) is 1. The normalized spacial score (nSPS) is 18.4. The first-order valence-electron chi connectivity index (χ1n) is 4.00. The predicted octanol–water partition coefficient (Wildman–Crippen LogP) is 1.33. The molecule has 0 unspecified atom stereocenters. The Labute approximate surface area is 68.6 Å².